The van der Waals surface area contributed by atoms with Crippen LogP contribution in [-0.4, -0.2) is 47.4 Å². The van der Waals surface area contributed by atoms with Gasteiger partial charge in [-0.25, -0.2) is 9.97 Å². The van der Waals surface area contributed by atoms with Crippen molar-refractivity contribution in [2.24, 2.45) is 0 Å². The normalized spacial score (nSPS) is 18.7. The van der Waals surface area contributed by atoms with Crippen molar-refractivity contribution in [3.05, 3.63) is 47.1 Å². The maximum absolute atomic E-state index is 11.6. The lowest BCUT2D eigenvalue weighted by atomic mass is 10.2. The molecule has 0 radical (unpaired) electrons. The predicted octanol–water partition coefficient (Wildman–Crippen LogP) is 2.38. The molecular formula is C18H17N5O3S. The highest BCUT2D eigenvalue weighted by molar-refractivity contribution is 8.18. The molecular weight excluding hydrogens is 366 g/mol. The van der Waals surface area contributed by atoms with Gasteiger partial charge >= 0.3 is 0 Å². The molecule has 2 saturated heterocycles. The Morgan fingerprint density at radius 2 is 1.93 bits per heavy atom. The van der Waals surface area contributed by atoms with Crippen LogP contribution in [0.2, 0.25) is 0 Å². The summed E-state index contributed by atoms with van der Waals surface area (Å²) in [6.45, 7) is 3.28. The predicted molar refractivity (Wildman–Crippen MR) is 104 cm³/mol. The van der Waals surface area contributed by atoms with Gasteiger partial charge in [0.25, 0.3) is 11.1 Å². The molecule has 0 saturated carbocycles. The zero-order valence-corrected chi connectivity index (χ0v) is 15.2. The largest absolute Gasteiger partial charge is 0.378 e. The number of morpholine rings is 1. The van der Waals surface area contributed by atoms with Crippen molar-refractivity contribution in [3.8, 4) is 0 Å². The van der Waals surface area contributed by atoms with Gasteiger partial charge in [-0.2, -0.15) is 0 Å². The first-order chi connectivity index (χ1) is 13.2. The Balaban J connectivity index is 1.46. The Morgan fingerprint density at radius 1 is 1.15 bits per heavy atom. The zero-order valence-electron chi connectivity index (χ0n) is 14.3. The molecule has 8 nitrogen and oxygen atoms in total. The standard InChI is InChI=1S/C18H17N5O3S/c24-16-15(27-18(25)22-16)11-13-5-6-19-17(21-13)20-12-1-3-14(4-2-12)23-7-9-26-10-8-23/h1-6,11H,7-10H2,(H,19,20,21)(H,22,24,25)/b15-11-. The number of aromatic nitrogens is 2. The summed E-state index contributed by atoms with van der Waals surface area (Å²) >= 11 is 0.861. The van der Waals surface area contributed by atoms with E-state index < -0.39 is 5.91 Å². The van der Waals surface area contributed by atoms with Crippen molar-refractivity contribution in [1.82, 2.24) is 15.3 Å². The molecule has 2 fully saturated rings. The number of amides is 2. The number of anilines is 3. The molecule has 0 unspecified atom stereocenters. The van der Waals surface area contributed by atoms with Gasteiger partial charge in [0.15, 0.2) is 0 Å². The summed E-state index contributed by atoms with van der Waals surface area (Å²) in [5.74, 6) is 0.00928. The van der Waals surface area contributed by atoms with Crippen molar-refractivity contribution in [2.75, 3.05) is 36.5 Å². The number of carbonyl (C=O) groups excluding carboxylic acids is 2. The van der Waals surface area contributed by atoms with Crippen LogP contribution in [0.5, 0.6) is 0 Å². The monoisotopic (exact) mass is 383 g/mol. The molecule has 1 aromatic heterocycles. The SMILES string of the molecule is O=C1NC(=O)/C(=C/c2ccnc(Nc3ccc(N4CCOCC4)cc3)n2)S1. The number of nitrogens with one attached hydrogen (secondary N) is 2. The summed E-state index contributed by atoms with van der Waals surface area (Å²) in [5.41, 5.74) is 2.56. The van der Waals surface area contributed by atoms with E-state index >= 15 is 0 Å². The van der Waals surface area contributed by atoms with Crippen molar-refractivity contribution < 1.29 is 14.3 Å². The Kier molecular flexibility index (Phi) is 5.03. The molecule has 27 heavy (non-hydrogen) atoms. The lowest BCUT2D eigenvalue weighted by Gasteiger charge is -2.28. The van der Waals surface area contributed by atoms with Crippen molar-refractivity contribution >= 4 is 46.3 Å². The molecule has 2 amide bonds. The third kappa shape index (κ3) is 4.26. The van der Waals surface area contributed by atoms with Gasteiger partial charge in [0, 0.05) is 30.7 Å². The third-order valence-corrected chi connectivity index (χ3v) is 4.91. The van der Waals surface area contributed by atoms with Crippen LogP contribution in [-0.2, 0) is 9.53 Å². The minimum absolute atomic E-state index is 0.319. The summed E-state index contributed by atoms with van der Waals surface area (Å²) in [7, 11) is 0. The number of hydrogen-bond acceptors (Lipinski definition) is 8. The van der Waals surface area contributed by atoms with E-state index in [0.717, 1.165) is 49.4 Å². The van der Waals surface area contributed by atoms with Crippen LogP contribution in [0.3, 0.4) is 0 Å². The highest BCUT2D eigenvalue weighted by atomic mass is 32.2. The van der Waals surface area contributed by atoms with Crippen LogP contribution in [0.1, 0.15) is 5.69 Å². The van der Waals surface area contributed by atoms with E-state index in [1.54, 1.807) is 18.3 Å². The second-order valence-electron chi connectivity index (χ2n) is 5.93. The molecule has 3 heterocycles. The molecule has 0 spiro atoms. The summed E-state index contributed by atoms with van der Waals surface area (Å²) in [6.07, 6.45) is 3.17. The quantitative estimate of drug-likeness (QED) is 0.777. The number of carbonyl (C=O) groups is 2. The van der Waals surface area contributed by atoms with Crippen molar-refractivity contribution in [1.29, 1.82) is 0 Å². The van der Waals surface area contributed by atoms with Crippen molar-refractivity contribution in [3.63, 3.8) is 0 Å². The van der Waals surface area contributed by atoms with E-state index in [-0.39, 0.29) is 5.24 Å². The summed E-state index contributed by atoms with van der Waals surface area (Å²) < 4.78 is 5.37. The van der Waals surface area contributed by atoms with Crippen LogP contribution in [0.15, 0.2) is 41.4 Å². The van der Waals surface area contributed by atoms with Crippen LogP contribution >= 0.6 is 11.8 Å². The number of thioether (sulfide) groups is 1. The Morgan fingerprint density at radius 3 is 2.63 bits per heavy atom. The molecule has 0 atom stereocenters. The van der Waals surface area contributed by atoms with Crippen molar-refractivity contribution in [2.45, 2.75) is 0 Å². The van der Waals surface area contributed by atoms with E-state index in [9.17, 15) is 9.59 Å². The average molecular weight is 383 g/mol. The van der Waals surface area contributed by atoms with Gasteiger partial charge in [0.1, 0.15) is 0 Å². The van der Waals surface area contributed by atoms with Crippen LogP contribution in [0.4, 0.5) is 22.1 Å². The second-order valence-corrected chi connectivity index (χ2v) is 6.94. The maximum Gasteiger partial charge on any atom is 0.290 e. The molecule has 4 rings (SSSR count). The van der Waals surface area contributed by atoms with Gasteiger partial charge in [-0.3, -0.25) is 14.9 Å². The fraction of sp³-hybridized carbons (Fsp3) is 0.222. The summed E-state index contributed by atoms with van der Waals surface area (Å²) in [4.78, 5) is 34.0. The number of rotatable bonds is 4. The van der Waals surface area contributed by atoms with Crippen LogP contribution < -0.4 is 15.5 Å². The van der Waals surface area contributed by atoms with Gasteiger partial charge in [0.05, 0.1) is 23.8 Å². The van der Waals surface area contributed by atoms with E-state index in [0.29, 0.717) is 16.5 Å². The molecule has 138 valence electrons. The number of hydrogen-bond donors (Lipinski definition) is 2. The number of imide groups is 1. The Hall–Kier alpha value is -2.91. The fourth-order valence-corrected chi connectivity index (χ4v) is 3.44. The number of nitrogens with zero attached hydrogens (tertiary/aromatic N) is 3. The smallest absolute Gasteiger partial charge is 0.290 e. The first-order valence-electron chi connectivity index (χ1n) is 8.45. The minimum atomic E-state index is -0.406. The maximum atomic E-state index is 11.6. The van der Waals surface area contributed by atoms with E-state index in [1.807, 2.05) is 24.3 Å². The topological polar surface area (TPSA) is 96.5 Å². The Labute approximate surface area is 160 Å². The van der Waals surface area contributed by atoms with E-state index in [4.69, 9.17) is 4.74 Å². The molecule has 1 aromatic carbocycles. The average Bonchev–Trinajstić information content (AvgIpc) is 3.00. The van der Waals surface area contributed by atoms with E-state index in [2.05, 4.69) is 25.5 Å². The van der Waals surface area contributed by atoms with E-state index in [1.165, 1.54) is 0 Å². The molecule has 2 aliphatic heterocycles. The lowest BCUT2D eigenvalue weighted by Crippen LogP contribution is -2.36. The number of benzene rings is 1. The van der Waals surface area contributed by atoms with Crippen LogP contribution in [0, 0.1) is 0 Å². The summed E-state index contributed by atoms with van der Waals surface area (Å²) in [6, 6.07) is 9.71. The molecule has 0 bridgehead atoms. The highest BCUT2D eigenvalue weighted by Crippen LogP contribution is 2.25. The third-order valence-electron chi connectivity index (χ3n) is 4.10. The molecule has 2 aliphatic rings. The highest BCUT2D eigenvalue weighted by Gasteiger charge is 2.25. The summed E-state index contributed by atoms with van der Waals surface area (Å²) in [5, 5.41) is 4.99. The number of ether oxygens (including phenoxy) is 1. The molecule has 2 N–H and O–H groups in total. The van der Waals surface area contributed by atoms with Gasteiger partial charge in [0.2, 0.25) is 5.95 Å². The van der Waals surface area contributed by atoms with Gasteiger partial charge in [-0.15, -0.1) is 0 Å². The van der Waals surface area contributed by atoms with Gasteiger partial charge < -0.3 is 15.0 Å². The first-order valence-corrected chi connectivity index (χ1v) is 9.27. The fourth-order valence-electron chi connectivity index (χ4n) is 2.77. The van der Waals surface area contributed by atoms with Gasteiger partial charge in [-0.05, 0) is 48.2 Å². The minimum Gasteiger partial charge on any atom is -0.378 e. The van der Waals surface area contributed by atoms with Crippen LogP contribution in [0.25, 0.3) is 6.08 Å². The second kappa shape index (κ2) is 7.77. The Bertz CT molecular complexity index is 894. The molecule has 0 aliphatic carbocycles. The molecule has 2 aromatic rings. The van der Waals surface area contributed by atoms with Gasteiger partial charge in [-0.1, -0.05) is 0 Å². The first kappa shape index (κ1) is 17.5. The molecule has 9 heteroatoms. The lowest BCUT2D eigenvalue weighted by molar-refractivity contribution is -0.115. The zero-order chi connectivity index (χ0) is 18.6.